The number of amides is 1. The number of hydrogen-bond donors (Lipinski definition) is 2. The highest BCUT2D eigenvalue weighted by molar-refractivity contribution is 6.18. The van der Waals surface area contributed by atoms with Gasteiger partial charge in [-0.05, 0) is 73.7 Å². The van der Waals surface area contributed by atoms with Crippen LogP contribution in [0.25, 0.3) is 0 Å². The van der Waals surface area contributed by atoms with Crippen LogP contribution in [0.4, 0.5) is 0 Å². The van der Waals surface area contributed by atoms with Gasteiger partial charge >= 0.3 is 0 Å². The Morgan fingerprint density at radius 2 is 1.72 bits per heavy atom. The van der Waals surface area contributed by atoms with E-state index >= 15 is 0 Å². The second kappa shape index (κ2) is 6.72. The van der Waals surface area contributed by atoms with Gasteiger partial charge in [0.2, 0.25) is 5.91 Å². The second-order valence-corrected chi connectivity index (χ2v) is 11.3. The minimum Gasteiger partial charge on any atom is -0.369 e. The van der Waals surface area contributed by atoms with Crippen LogP contribution in [0.3, 0.4) is 0 Å². The van der Waals surface area contributed by atoms with E-state index in [0.29, 0.717) is 12.0 Å². The number of hydrogen-bond acceptors (Lipinski definition) is 2. The summed E-state index contributed by atoms with van der Waals surface area (Å²) in [6, 6.07) is 11.4. The zero-order valence-electron chi connectivity index (χ0n) is 17.5. The molecule has 5 atom stereocenters. The van der Waals surface area contributed by atoms with Gasteiger partial charge in [0, 0.05) is 17.3 Å². The molecule has 0 aliphatic heterocycles. The second-order valence-electron chi connectivity index (χ2n) is 11.0. The van der Waals surface area contributed by atoms with E-state index in [1.165, 1.54) is 50.5 Å². The van der Waals surface area contributed by atoms with Gasteiger partial charge in [0.05, 0.1) is 5.41 Å². The molecule has 29 heavy (non-hydrogen) atoms. The summed E-state index contributed by atoms with van der Waals surface area (Å²) in [7, 11) is 0. The maximum Gasteiger partial charge on any atom is 0.224 e. The van der Waals surface area contributed by atoms with Crippen LogP contribution in [0.1, 0.15) is 76.2 Å². The molecule has 158 valence electrons. The molecule has 1 aromatic rings. The summed E-state index contributed by atoms with van der Waals surface area (Å²) in [5.74, 6) is 1.33. The van der Waals surface area contributed by atoms with E-state index in [0.717, 1.165) is 31.6 Å². The summed E-state index contributed by atoms with van der Waals surface area (Å²) in [5.41, 5.74) is 13.2. The number of halogens is 1. The molecule has 5 fully saturated rings. The zero-order chi connectivity index (χ0) is 20.3. The fourth-order valence-corrected chi connectivity index (χ4v) is 9.05. The van der Waals surface area contributed by atoms with Crippen molar-refractivity contribution in [2.45, 2.75) is 82.1 Å². The average molecular weight is 415 g/mol. The van der Waals surface area contributed by atoms with Crippen molar-refractivity contribution >= 4 is 17.5 Å². The number of primary amides is 1. The number of benzene rings is 1. The Morgan fingerprint density at radius 1 is 1.00 bits per heavy atom. The number of alkyl halides is 1. The van der Waals surface area contributed by atoms with Gasteiger partial charge in [0.25, 0.3) is 0 Å². The number of carbonyl (C=O) groups is 1. The summed E-state index contributed by atoms with van der Waals surface area (Å²) >= 11 is 6.46. The summed E-state index contributed by atoms with van der Waals surface area (Å²) < 4.78 is 0. The number of carbonyl (C=O) groups excluding carboxylic acids is 1. The molecular weight excluding hydrogens is 380 g/mol. The molecular formula is C25H35ClN2O. The van der Waals surface area contributed by atoms with Crippen LogP contribution >= 0.6 is 11.6 Å². The zero-order valence-corrected chi connectivity index (χ0v) is 18.2. The summed E-state index contributed by atoms with van der Waals surface area (Å²) in [4.78, 5) is 12.4. The molecule has 0 heterocycles. The fourth-order valence-electron chi connectivity index (χ4n) is 8.75. The molecule has 0 radical (unpaired) electrons. The SMILES string of the molecule is NC(=O)C12CC3CC4(CCl)CC(c5ccccc5)(C1)C2(C3)C4.NC1CCCCC1. The lowest BCUT2D eigenvalue weighted by atomic mass is 9.37. The van der Waals surface area contributed by atoms with Crippen molar-refractivity contribution in [1.29, 1.82) is 0 Å². The van der Waals surface area contributed by atoms with Crippen LogP contribution in [0.15, 0.2) is 30.3 Å². The standard InChI is InChI=1S/C19H22ClNO.C6H13N/c20-12-16-6-13-7-17(15(21)22)11-18(9-16,19(17,8-13)10-16)14-4-2-1-3-5-14;7-6-4-2-1-3-5-6/h1-5,13H,6-12H2,(H2,21,22);6H,1-5,7H2. The Bertz CT molecular complexity index is 793. The lowest BCUT2D eigenvalue weighted by molar-refractivity contribution is -0.165. The van der Waals surface area contributed by atoms with Crippen molar-refractivity contribution in [3.8, 4) is 0 Å². The number of nitrogens with two attached hydrogens (primary N) is 2. The Kier molecular flexibility index (Phi) is 4.61. The smallest absolute Gasteiger partial charge is 0.224 e. The van der Waals surface area contributed by atoms with E-state index in [2.05, 4.69) is 30.3 Å². The molecule has 5 aliphatic carbocycles. The lowest BCUT2D eigenvalue weighted by Crippen LogP contribution is -2.67. The third-order valence-corrected chi connectivity index (χ3v) is 10.1. The van der Waals surface area contributed by atoms with Crippen LogP contribution < -0.4 is 11.5 Å². The largest absolute Gasteiger partial charge is 0.369 e. The molecule has 4 N–H and O–H groups in total. The van der Waals surface area contributed by atoms with Crippen LogP contribution in [-0.2, 0) is 10.2 Å². The van der Waals surface area contributed by atoms with Crippen LogP contribution in [-0.4, -0.2) is 17.8 Å². The molecule has 6 rings (SSSR count). The number of fused-ring (bicyclic) bond motifs is 2. The molecule has 3 nitrogen and oxygen atoms in total. The van der Waals surface area contributed by atoms with Gasteiger partial charge < -0.3 is 11.5 Å². The van der Waals surface area contributed by atoms with E-state index < -0.39 is 0 Å². The van der Waals surface area contributed by atoms with Gasteiger partial charge in [-0.25, -0.2) is 0 Å². The van der Waals surface area contributed by atoms with Crippen molar-refractivity contribution in [1.82, 2.24) is 0 Å². The predicted octanol–water partition coefficient (Wildman–Crippen LogP) is 4.90. The van der Waals surface area contributed by atoms with Crippen LogP contribution in [0.5, 0.6) is 0 Å². The molecule has 3 bridgehead atoms. The normalized spacial score (nSPS) is 44.6. The quantitative estimate of drug-likeness (QED) is 0.691. The fraction of sp³-hybridized carbons (Fsp3) is 0.720. The van der Waals surface area contributed by atoms with Crippen molar-refractivity contribution < 1.29 is 4.79 Å². The highest BCUT2D eigenvalue weighted by Gasteiger charge is 2.85. The minimum atomic E-state index is -0.252. The first-order valence-electron chi connectivity index (χ1n) is 11.6. The van der Waals surface area contributed by atoms with Crippen LogP contribution in [0.2, 0.25) is 0 Å². The highest BCUT2D eigenvalue weighted by Crippen LogP contribution is 2.88. The first kappa shape index (κ1) is 19.9. The molecule has 5 unspecified atom stereocenters. The maximum atomic E-state index is 12.4. The lowest BCUT2D eigenvalue weighted by Gasteiger charge is -2.65. The monoisotopic (exact) mass is 414 g/mol. The van der Waals surface area contributed by atoms with Gasteiger partial charge in [0.15, 0.2) is 0 Å². The van der Waals surface area contributed by atoms with E-state index in [1.54, 1.807) is 0 Å². The minimum absolute atomic E-state index is 0.0474. The third kappa shape index (κ3) is 2.56. The van der Waals surface area contributed by atoms with Crippen molar-refractivity contribution in [3.63, 3.8) is 0 Å². The topological polar surface area (TPSA) is 69.1 Å². The Labute approximate surface area is 179 Å². The molecule has 0 aromatic heterocycles. The molecule has 1 amide bonds. The Balaban J connectivity index is 0.000000222. The molecule has 1 aromatic carbocycles. The molecule has 0 saturated heterocycles. The van der Waals surface area contributed by atoms with Gasteiger partial charge in [-0.15, -0.1) is 11.6 Å². The van der Waals surface area contributed by atoms with E-state index in [4.69, 9.17) is 23.1 Å². The molecule has 5 aliphatic rings. The first-order chi connectivity index (χ1) is 13.9. The summed E-state index contributed by atoms with van der Waals surface area (Å²) in [5, 5.41) is 0. The summed E-state index contributed by atoms with van der Waals surface area (Å²) in [6.45, 7) is 0. The molecule has 1 spiro atoms. The van der Waals surface area contributed by atoms with Gasteiger partial charge in [-0.2, -0.15) is 0 Å². The van der Waals surface area contributed by atoms with E-state index in [-0.39, 0.29) is 27.6 Å². The van der Waals surface area contributed by atoms with Gasteiger partial charge in [0.1, 0.15) is 0 Å². The van der Waals surface area contributed by atoms with Gasteiger partial charge in [-0.3, -0.25) is 4.79 Å². The molecule has 4 heteroatoms. The van der Waals surface area contributed by atoms with E-state index in [1.807, 2.05) is 0 Å². The Hall–Kier alpha value is -1.06. The number of rotatable bonds is 3. The van der Waals surface area contributed by atoms with Crippen molar-refractivity contribution in [3.05, 3.63) is 35.9 Å². The van der Waals surface area contributed by atoms with Gasteiger partial charge in [-0.1, -0.05) is 49.6 Å². The summed E-state index contributed by atoms with van der Waals surface area (Å²) in [6.07, 6.45) is 13.3. The van der Waals surface area contributed by atoms with Crippen LogP contribution in [0, 0.1) is 22.2 Å². The molecule has 5 saturated carbocycles. The Morgan fingerprint density at radius 3 is 2.31 bits per heavy atom. The maximum absolute atomic E-state index is 12.4. The predicted molar refractivity (Wildman–Crippen MR) is 118 cm³/mol. The average Bonchev–Trinajstić information content (AvgIpc) is 3.02. The highest BCUT2D eigenvalue weighted by atomic mass is 35.5. The third-order valence-electron chi connectivity index (χ3n) is 9.52. The van der Waals surface area contributed by atoms with Crippen molar-refractivity contribution in [2.75, 3.05) is 5.88 Å². The van der Waals surface area contributed by atoms with E-state index in [9.17, 15) is 4.79 Å². The van der Waals surface area contributed by atoms with Crippen molar-refractivity contribution in [2.24, 2.45) is 33.6 Å². The first-order valence-corrected chi connectivity index (χ1v) is 12.1.